The topological polar surface area (TPSA) is 89.7 Å². The molecular weight excluding hydrogens is 1350 g/mol. The summed E-state index contributed by atoms with van der Waals surface area (Å²) < 4.78 is 22.1. The average Bonchev–Trinajstić information content (AvgIpc) is 1.62. The summed E-state index contributed by atoms with van der Waals surface area (Å²) in [5.74, 6) is 6.28. The van der Waals surface area contributed by atoms with Gasteiger partial charge in [0.15, 0.2) is 0 Å². The fraction of sp³-hybridized carbons (Fsp3) is 0.190. The van der Waals surface area contributed by atoms with Crippen LogP contribution in [0.1, 0.15) is 105 Å². The Balaban J connectivity index is 0.000000162. The van der Waals surface area contributed by atoms with Gasteiger partial charge in [0.25, 0.3) is 0 Å². The molecule has 8 aromatic carbocycles. The molecule has 11 heteroatoms. The van der Waals surface area contributed by atoms with Crippen LogP contribution in [0.25, 0.3) is 110 Å². The number of ether oxygens (including phenoxy) is 2. The predicted molar refractivity (Wildman–Crippen MR) is 387 cm³/mol. The zero-order valence-corrected chi connectivity index (χ0v) is 57.9. The Morgan fingerprint density at radius 2 is 0.547 bits per heavy atom. The van der Waals surface area contributed by atoms with Crippen LogP contribution >= 0.6 is 0 Å². The SMILES string of the molecule is CC(C)(C)c1ccnc(-n2c3[c-]c(Oc4[c-]c5c(cc4)c4ccccc4n5-c4cc(C(C)(C)C)ccn4)ccc3c3ccccc32)c1.CC(C)(C)c1ccnc(-n2c3ccccc3c3ccc(Oc4ccc5c6ccccc6n(-c6cc(C(C)(C)C)ccn6)c5c4)cc32)c1.[Pt+2]. The molecule has 0 aliphatic heterocycles. The summed E-state index contributed by atoms with van der Waals surface area (Å²) >= 11 is 0. The Hall–Kier alpha value is -10.2. The Morgan fingerprint density at radius 1 is 0.274 bits per heavy atom. The van der Waals surface area contributed by atoms with Crippen LogP contribution in [-0.2, 0) is 42.7 Å². The molecule has 0 unspecified atom stereocenters. The van der Waals surface area contributed by atoms with Gasteiger partial charge >= 0.3 is 21.1 Å². The minimum Gasteiger partial charge on any atom is -0.509 e. The van der Waals surface area contributed by atoms with E-state index in [-0.39, 0.29) is 42.7 Å². The first-order valence-electron chi connectivity index (χ1n) is 32.3. The minimum atomic E-state index is -0.00500. The summed E-state index contributed by atoms with van der Waals surface area (Å²) in [7, 11) is 0. The Kier molecular flexibility index (Phi) is 15.5. The quantitative estimate of drug-likeness (QED) is 0.141. The normalized spacial score (nSPS) is 12.3. The number of para-hydroxylation sites is 4. The Bertz CT molecular complexity index is 4950. The molecule has 16 rings (SSSR count). The maximum Gasteiger partial charge on any atom is 2.00 e. The number of hydrogen-bond donors (Lipinski definition) is 0. The number of benzene rings is 8. The van der Waals surface area contributed by atoms with E-state index in [9.17, 15) is 0 Å². The van der Waals surface area contributed by atoms with Crippen LogP contribution in [0.15, 0.2) is 231 Å². The molecule has 0 bridgehead atoms. The smallest absolute Gasteiger partial charge is 0.509 e. The van der Waals surface area contributed by atoms with Crippen LogP contribution < -0.4 is 9.47 Å². The Morgan fingerprint density at radius 3 is 0.874 bits per heavy atom. The number of fused-ring (bicyclic) bond motifs is 12. The van der Waals surface area contributed by atoms with Crippen LogP contribution in [0.4, 0.5) is 0 Å². The second-order valence-corrected chi connectivity index (χ2v) is 28.8. The molecule has 472 valence electrons. The monoisotopic (exact) mass is 1420 g/mol. The van der Waals surface area contributed by atoms with Gasteiger partial charge in [0, 0.05) is 81.0 Å². The van der Waals surface area contributed by atoms with Crippen molar-refractivity contribution in [3.8, 4) is 46.3 Å². The maximum atomic E-state index is 6.66. The third kappa shape index (κ3) is 11.4. The molecule has 0 fully saturated rings. The predicted octanol–water partition coefficient (Wildman–Crippen LogP) is 21.7. The van der Waals surface area contributed by atoms with Crippen molar-refractivity contribution in [3.63, 3.8) is 0 Å². The molecule has 95 heavy (non-hydrogen) atoms. The van der Waals surface area contributed by atoms with Crippen molar-refractivity contribution in [1.82, 2.24) is 38.2 Å². The second kappa shape index (κ2) is 23.7. The molecule has 16 aromatic rings. The number of aromatic nitrogens is 8. The van der Waals surface area contributed by atoms with Gasteiger partial charge in [-0.2, -0.15) is 12.1 Å². The third-order valence-electron chi connectivity index (χ3n) is 18.2. The van der Waals surface area contributed by atoms with Crippen LogP contribution in [0.2, 0.25) is 0 Å². The largest absolute Gasteiger partial charge is 2.00 e. The molecule has 0 spiro atoms. The molecule has 0 saturated heterocycles. The summed E-state index contributed by atoms with van der Waals surface area (Å²) in [4.78, 5) is 19.3. The van der Waals surface area contributed by atoms with E-state index in [0.29, 0.717) is 11.5 Å². The van der Waals surface area contributed by atoms with Crippen molar-refractivity contribution in [2.45, 2.75) is 105 Å². The summed E-state index contributed by atoms with van der Waals surface area (Å²) in [6, 6.07) is 79.2. The van der Waals surface area contributed by atoms with Gasteiger partial charge in [-0.25, -0.2) is 19.9 Å². The van der Waals surface area contributed by atoms with Crippen LogP contribution in [0, 0.1) is 12.1 Å². The van der Waals surface area contributed by atoms with Gasteiger partial charge in [-0.1, -0.05) is 167 Å². The first kappa shape index (κ1) is 62.3. The molecule has 0 aliphatic carbocycles. The molecule has 0 saturated carbocycles. The molecule has 10 nitrogen and oxygen atoms in total. The van der Waals surface area contributed by atoms with Crippen molar-refractivity contribution >= 4 is 87.2 Å². The fourth-order valence-electron chi connectivity index (χ4n) is 13.1. The fourth-order valence-corrected chi connectivity index (χ4v) is 13.1. The molecule has 8 heterocycles. The summed E-state index contributed by atoms with van der Waals surface area (Å²) in [6.07, 6.45) is 7.62. The third-order valence-corrected chi connectivity index (χ3v) is 18.2. The van der Waals surface area contributed by atoms with Gasteiger partial charge < -0.3 is 18.6 Å². The maximum absolute atomic E-state index is 6.66. The van der Waals surface area contributed by atoms with Crippen LogP contribution in [-0.4, -0.2) is 38.2 Å². The molecule has 0 atom stereocenters. The zero-order chi connectivity index (χ0) is 65.0. The van der Waals surface area contributed by atoms with E-state index in [0.717, 1.165) is 111 Å². The van der Waals surface area contributed by atoms with E-state index in [4.69, 9.17) is 29.4 Å². The van der Waals surface area contributed by atoms with E-state index >= 15 is 0 Å². The first-order valence-corrected chi connectivity index (χ1v) is 32.3. The first-order chi connectivity index (χ1) is 45.1. The molecule has 0 amide bonds. The van der Waals surface area contributed by atoms with E-state index in [1.165, 1.54) is 33.0 Å². The number of hydrogen-bond acceptors (Lipinski definition) is 6. The molecule has 0 radical (unpaired) electrons. The number of rotatable bonds is 8. The van der Waals surface area contributed by atoms with E-state index in [2.05, 4.69) is 308 Å². The van der Waals surface area contributed by atoms with Crippen molar-refractivity contribution in [1.29, 1.82) is 0 Å². The molecule has 8 aromatic heterocycles. The van der Waals surface area contributed by atoms with E-state index < -0.39 is 0 Å². The second-order valence-electron chi connectivity index (χ2n) is 28.8. The number of pyridine rings is 4. The van der Waals surface area contributed by atoms with Crippen molar-refractivity contribution in [2.75, 3.05) is 0 Å². The summed E-state index contributed by atoms with van der Waals surface area (Å²) in [5, 5.41) is 9.19. The standard InChI is InChI=1S/C42H38N4O.C42H36N4O.Pt/c2*1-41(2,3)27-19-21-43-39(23-27)45-35-13-9-7-11-31(35)33-17-15-29(25-37(33)45)47-30-16-18-34-32-12-8-10-14-36(32)46(38(34)26-30)40-24-28(20-22-44-40)42(4,5)6;/h7-26H,1-6H3;7-24H,1-6H3;/q;-2;+2. The average molecular weight is 1420 g/mol. The Labute approximate surface area is 568 Å². The van der Waals surface area contributed by atoms with Gasteiger partial charge in [0.1, 0.15) is 34.8 Å². The summed E-state index contributed by atoms with van der Waals surface area (Å²) in [5.41, 5.74) is 13.3. The molecular formula is C84H74N8O2Pt. The molecule has 0 aliphatic rings. The van der Waals surface area contributed by atoms with Gasteiger partial charge in [-0.3, -0.25) is 9.13 Å². The van der Waals surface area contributed by atoms with Crippen LogP contribution in [0.3, 0.4) is 0 Å². The van der Waals surface area contributed by atoms with Crippen LogP contribution in [0.5, 0.6) is 23.0 Å². The van der Waals surface area contributed by atoms with Gasteiger partial charge in [-0.05, 0) is 152 Å². The van der Waals surface area contributed by atoms with Crippen molar-refractivity contribution < 1.29 is 30.5 Å². The zero-order valence-electron chi connectivity index (χ0n) is 55.6. The van der Waals surface area contributed by atoms with Crippen molar-refractivity contribution in [2.24, 2.45) is 0 Å². The van der Waals surface area contributed by atoms with E-state index in [1.807, 2.05) is 36.9 Å². The van der Waals surface area contributed by atoms with E-state index in [1.54, 1.807) is 0 Å². The summed E-state index contributed by atoms with van der Waals surface area (Å²) in [6.45, 7) is 26.7. The van der Waals surface area contributed by atoms with Gasteiger partial charge in [-0.15, -0.1) is 35.0 Å². The minimum absolute atomic E-state index is 0. The molecule has 0 N–H and O–H groups in total. The van der Waals surface area contributed by atoms with Gasteiger partial charge in [0.05, 0.1) is 22.1 Å². The number of nitrogens with zero attached hydrogens (tertiary/aromatic N) is 8. The van der Waals surface area contributed by atoms with Crippen molar-refractivity contribution in [3.05, 3.63) is 265 Å². The van der Waals surface area contributed by atoms with Gasteiger partial charge in [0.2, 0.25) is 0 Å².